The van der Waals surface area contributed by atoms with Crippen LogP contribution in [0.1, 0.15) is 6.92 Å². The number of thioether (sulfide) groups is 1. The van der Waals surface area contributed by atoms with E-state index >= 15 is 0 Å². The second-order valence-corrected chi connectivity index (χ2v) is 5.46. The van der Waals surface area contributed by atoms with E-state index in [4.69, 9.17) is 4.42 Å². The summed E-state index contributed by atoms with van der Waals surface area (Å²) in [5.74, 6) is 0.768. The highest BCUT2D eigenvalue weighted by Gasteiger charge is 2.09. The number of ether oxygens (including phenoxy) is 1. The number of esters is 1. The second kappa shape index (κ2) is 6.53. The van der Waals surface area contributed by atoms with E-state index in [0.29, 0.717) is 22.4 Å². The first-order valence-electron chi connectivity index (χ1n) is 5.46. The molecule has 2 aromatic heterocycles. The predicted molar refractivity (Wildman–Crippen MR) is 74.1 cm³/mol. The molecule has 0 aliphatic heterocycles. The number of hydrogen-bond acceptors (Lipinski definition) is 7. The molecule has 0 amide bonds. The third-order valence-electron chi connectivity index (χ3n) is 2.24. The molecule has 5 nitrogen and oxygen atoms in total. The summed E-state index contributed by atoms with van der Waals surface area (Å²) in [4.78, 5) is 12.1. The lowest BCUT2D eigenvalue weighted by Crippen LogP contribution is -2.01. The summed E-state index contributed by atoms with van der Waals surface area (Å²) in [5, 5.41) is 10.3. The molecule has 0 N–H and O–H groups in total. The number of thiophene rings is 1. The van der Waals surface area contributed by atoms with Crippen LogP contribution in [0.25, 0.3) is 10.8 Å². The number of hydrogen-bond donors (Lipinski definition) is 0. The van der Waals surface area contributed by atoms with Gasteiger partial charge in [0.15, 0.2) is 0 Å². The van der Waals surface area contributed by atoms with E-state index in [1.54, 1.807) is 24.3 Å². The molecular weight excluding hydrogens is 284 g/mol. The zero-order chi connectivity index (χ0) is 13.7. The molecule has 0 radical (unpaired) electrons. The van der Waals surface area contributed by atoms with E-state index < -0.39 is 0 Å². The van der Waals surface area contributed by atoms with Gasteiger partial charge in [-0.3, -0.25) is 0 Å². The summed E-state index contributed by atoms with van der Waals surface area (Å²) >= 11 is 2.92. The Morgan fingerprint density at radius 3 is 3.11 bits per heavy atom. The normalized spacial score (nSPS) is 11.6. The van der Waals surface area contributed by atoms with Crippen LogP contribution in [0.5, 0.6) is 0 Å². The fourth-order valence-corrected chi connectivity index (χ4v) is 2.61. The van der Waals surface area contributed by atoms with Gasteiger partial charge in [-0.15, -0.1) is 21.5 Å². The van der Waals surface area contributed by atoms with E-state index in [2.05, 4.69) is 14.9 Å². The number of carbonyl (C=O) groups excluding carboxylic acids is 1. The Bertz CT molecular complexity index is 576. The van der Waals surface area contributed by atoms with E-state index in [1.165, 1.54) is 18.9 Å². The molecule has 100 valence electrons. The molecule has 0 aliphatic rings. The maximum atomic E-state index is 11.2. The van der Waals surface area contributed by atoms with Crippen molar-refractivity contribution in [2.75, 3.05) is 12.9 Å². The first kappa shape index (κ1) is 13.8. The van der Waals surface area contributed by atoms with Crippen molar-refractivity contribution in [1.82, 2.24) is 10.2 Å². The molecule has 0 fully saturated rings. The minimum absolute atomic E-state index is 0.328. The van der Waals surface area contributed by atoms with Crippen molar-refractivity contribution in [3.05, 3.63) is 29.2 Å². The maximum absolute atomic E-state index is 11.2. The molecule has 2 heterocycles. The molecule has 0 aliphatic carbocycles. The highest BCUT2D eigenvalue weighted by atomic mass is 32.2. The van der Waals surface area contributed by atoms with Crippen LogP contribution in [0.15, 0.2) is 38.8 Å². The fourth-order valence-electron chi connectivity index (χ4n) is 1.25. The SMILES string of the molecule is COC(=O)C(C)=CCSc1nnc(-c2cccs2)o1. The molecular formula is C12H12N2O3S2. The van der Waals surface area contributed by atoms with Crippen molar-refractivity contribution in [1.29, 1.82) is 0 Å². The zero-order valence-corrected chi connectivity index (χ0v) is 12.1. The van der Waals surface area contributed by atoms with Gasteiger partial charge in [0.05, 0.1) is 12.0 Å². The monoisotopic (exact) mass is 296 g/mol. The highest BCUT2D eigenvalue weighted by molar-refractivity contribution is 7.99. The number of rotatable bonds is 5. The minimum Gasteiger partial charge on any atom is -0.466 e. The van der Waals surface area contributed by atoms with Gasteiger partial charge in [0.1, 0.15) is 0 Å². The van der Waals surface area contributed by atoms with E-state index in [1.807, 2.05) is 17.5 Å². The van der Waals surface area contributed by atoms with Crippen LogP contribution in [0, 0.1) is 0 Å². The van der Waals surface area contributed by atoms with Crippen LogP contribution in [0.4, 0.5) is 0 Å². The Morgan fingerprint density at radius 1 is 1.58 bits per heavy atom. The van der Waals surface area contributed by atoms with Gasteiger partial charge in [-0.1, -0.05) is 23.9 Å². The predicted octanol–water partition coefficient (Wildman–Crippen LogP) is 3.01. The third kappa shape index (κ3) is 3.68. The van der Waals surface area contributed by atoms with Gasteiger partial charge in [-0.05, 0) is 18.4 Å². The average molecular weight is 296 g/mol. The average Bonchev–Trinajstić information content (AvgIpc) is 3.07. The Labute approximate surface area is 118 Å². The van der Waals surface area contributed by atoms with Gasteiger partial charge >= 0.3 is 5.97 Å². The summed E-state index contributed by atoms with van der Waals surface area (Å²) < 4.78 is 10.1. The molecule has 2 rings (SSSR count). The van der Waals surface area contributed by atoms with E-state index in [9.17, 15) is 4.79 Å². The lowest BCUT2D eigenvalue weighted by atomic mass is 10.3. The van der Waals surface area contributed by atoms with E-state index in [-0.39, 0.29) is 5.97 Å². The molecule has 0 saturated carbocycles. The summed E-state index contributed by atoms with van der Waals surface area (Å²) in [6, 6.07) is 3.85. The van der Waals surface area contributed by atoms with Crippen molar-refractivity contribution in [2.24, 2.45) is 0 Å². The Kier molecular flexibility index (Phi) is 4.75. The van der Waals surface area contributed by atoms with E-state index in [0.717, 1.165) is 4.88 Å². The molecule has 2 aromatic rings. The van der Waals surface area contributed by atoms with Crippen molar-refractivity contribution in [3.63, 3.8) is 0 Å². The van der Waals surface area contributed by atoms with Gasteiger partial charge in [-0.2, -0.15) is 0 Å². The first-order chi connectivity index (χ1) is 9.20. The lowest BCUT2D eigenvalue weighted by molar-refractivity contribution is -0.136. The highest BCUT2D eigenvalue weighted by Crippen LogP contribution is 2.26. The fraction of sp³-hybridized carbons (Fsp3) is 0.250. The summed E-state index contributed by atoms with van der Waals surface area (Å²) in [6.45, 7) is 1.71. The summed E-state index contributed by atoms with van der Waals surface area (Å²) in [5.41, 5.74) is 0.563. The number of nitrogens with zero attached hydrogens (tertiary/aromatic N) is 2. The van der Waals surface area contributed by atoms with Crippen LogP contribution in [0.2, 0.25) is 0 Å². The number of aromatic nitrogens is 2. The van der Waals surface area contributed by atoms with Gasteiger partial charge in [-0.25, -0.2) is 4.79 Å². The van der Waals surface area contributed by atoms with Gasteiger partial charge in [0.25, 0.3) is 11.1 Å². The molecule has 0 aromatic carbocycles. The summed E-state index contributed by atoms with van der Waals surface area (Å²) in [7, 11) is 1.36. The molecule has 0 atom stereocenters. The molecule has 0 spiro atoms. The zero-order valence-electron chi connectivity index (χ0n) is 10.5. The van der Waals surface area contributed by atoms with Crippen LogP contribution in [-0.2, 0) is 9.53 Å². The van der Waals surface area contributed by atoms with Gasteiger partial charge in [0.2, 0.25) is 0 Å². The van der Waals surface area contributed by atoms with Crippen molar-refractivity contribution >= 4 is 29.1 Å². The summed E-state index contributed by atoms with van der Waals surface area (Å²) in [6.07, 6.45) is 1.77. The minimum atomic E-state index is -0.328. The molecule has 7 heteroatoms. The number of methoxy groups -OCH3 is 1. The topological polar surface area (TPSA) is 65.2 Å². The Hall–Kier alpha value is -1.60. The maximum Gasteiger partial charge on any atom is 0.333 e. The van der Waals surface area contributed by atoms with Crippen LogP contribution < -0.4 is 0 Å². The van der Waals surface area contributed by atoms with Gasteiger partial charge < -0.3 is 9.15 Å². The molecule has 0 bridgehead atoms. The first-order valence-corrected chi connectivity index (χ1v) is 7.32. The van der Waals surface area contributed by atoms with Crippen molar-refractivity contribution in [2.45, 2.75) is 12.1 Å². The Morgan fingerprint density at radius 2 is 2.42 bits per heavy atom. The lowest BCUT2D eigenvalue weighted by Gasteiger charge is -1.97. The van der Waals surface area contributed by atoms with Crippen LogP contribution >= 0.6 is 23.1 Å². The molecule has 19 heavy (non-hydrogen) atoms. The van der Waals surface area contributed by atoms with Gasteiger partial charge in [0, 0.05) is 11.3 Å². The smallest absolute Gasteiger partial charge is 0.333 e. The second-order valence-electron chi connectivity index (χ2n) is 3.54. The standard InChI is InChI=1S/C12H12N2O3S2/c1-8(11(15)16-2)5-7-19-12-14-13-10(17-12)9-4-3-6-18-9/h3-6H,7H2,1-2H3. The largest absolute Gasteiger partial charge is 0.466 e. The molecule has 0 unspecified atom stereocenters. The number of carbonyl (C=O) groups is 1. The Balaban J connectivity index is 1.93. The van der Waals surface area contributed by atoms with Crippen LogP contribution in [0.3, 0.4) is 0 Å². The van der Waals surface area contributed by atoms with Crippen LogP contribution in [-0.4, -0.2) is 29.0 Å². The quantitative estimate of drug-likeness (QED) is 0.480. The van der Waals surface area contributed by atoms with Crippen molar-refractivity contribution in [3.8, 4) is 10.8 Å². The molecule has 0 saturated heterocycles. The van der Waals surface area contributed by atoms with Crippen molar-refractivity contribution < 1.29 is 13.9 Å². The third-order valence-corrected chi connectivity index (χ3v) is 3.85.